The number of nitrogens with one attached hydrogen (secondary N) is 2. The molecule has 0 aliphatic rings. The fourth-order valence-electron chi connectivity index (χ4n) is 3.25. The van der Waals surface area contributed by atoms with E-state index < -0.39 is 0 Å². The molecule has 0 aliphatic heterocycles. The number of nitrogens with zero attached hydrogens (tertiary/aromatic N) is 1. The predicted octanol–water partition coefficient (Wildman–Crippen LogP) is 5.48. The summed E-state index contributed by atoms with van der Waals surface area (Å²) < 4.78 is 2.91. The van der Waals surface area contributed by atoms with Crippen molar-refractivity contribution < 1.29 is 0 Å². The first-order chi connectivity index (χ1) is 11.8. The van der Waals surface area contributed by atoms with E-state index in [0.29, 0.717) is 0 Å². The van der Waals surface area contributed by atoms with Crippen LogP contribution in [0.25, 0.3) is 21.8 Å². The van der Waals surface area contributed by atoms with E-state index in [9.17, 15) is 0 Å². The number of H-pyrrole nitrogens is 1. The number of aromatic amines is 1. The van der Waals surface area contributed by atoms with Crippen LogP contribution in [0.15, 0.2) is 60.7 Å². The van der Waals surface area contributed by atoms with Crippen molar-refractivity contribution in [1.29, 1.82) is 0 Å². The first-order valence-corrected chi connectivity index (χ1v) is 8.61. The summed E-state index contributed by atoms with van der Waals surface area (Å²) >= 11 is 5.45. The Morgan fingerprint density at radius 2 is 1.79 bits per heavy atom. The van der Waals surface area contributed by atoms with Crippen molar-refractivity contribution in [3.63, 3.8) is 0 Å². The molecule has 120 valence electrons. The van der Waals surface area contributed by atoms with Gasteiger partial charge in [-0.05, 0) is 36.8 Å². The summed E-state index contributed by atoms with van der Waals surface area (Å²) in [5.41, 5.74) is 4.69. The van der Waals surface area contributed by atoms with Gasteiger partial charge in [-0.25, -0.2) is 0 Å². The van der Waals surface area contributed by atoms with Crippen LogP contribution >= 0.6 is 12.2 Å². The van der Waals surface area contributed by atoms with Crippen LogP contribution in [0.5, 0.6) is 0 Å². The normalized spacial score (nSPS) is 11.2. The van der Waals surface area contributed by atoms with Crippen LogP contribution in [0.1, 0.15) is 12.5 Å². The largest absolute Gasteiger partial charge is 0.380 e. The summed E-state index contributed by atoms with van der Waals surface area (Å²) in [7, 11) is 0. The number of hydrogen-bond donors (Lipinski definition) is 2. The molecule has 0 aliphatic carbocycles. The first-order valence-electron chi connectivity index (χ1n) is 8.20. The molecule has 4 heteroatoms. The number of aromatic nitrogens is 2. The molecule has 1 heterocycles. The Hall–Kier alpha value is -2.59. The van der Waals surface area contributed by atoms with E-state index in [1.165, 1.54) is 16.3 Å². The highest BCUT2D eigenvalue weighted by atomic mass is 32.1. The fourth-order valence-corrected chi connectivity index (χ4v) is 3.58. The Kier molecular flexibility index (Phi) is 3.82. The summed E-state index contributed by atoms with van der Waals surface area (Å²) in [5, 5.41) is 5.96. The van der Waals surface area contributed by atoms with Gasteiger partial charge in [0.25, 0.3) is 0 Å². The van der Waals surface area contributed by atoms with E-state index in [-0.39, 0.29) is 0 Å². The van der Waals surface area contributed by atoms with Gasteiger partial charge in [0.05, 0.1) is 11.0 Å². The van der Waals surface area contributed by atoms with Crippen molar-refractivity contribution in [2.75, 3.05) is 5.32 Å². The lowest BCUT2D eigenvalue weighted by molar-refractivity contribution is 0.774. The highest BCUT2D eigenvalue weighted by Gasteiger charge is 2.09. The molecule has 1 aromatic heterocycles. The number of benzene rings is 3. The van der Waals surface area contributed by atoms with Crippen molar-refractivity contribution in [3.8, 4) is 0 Å². The zero-order valence-corrected chi connectivity index (χ0v) is 14.4. The van der Waals surface area contributed by atoms with Crippen LogP contribution in [0.4, 0.5) is 5.69 Å². The summed E-state index contributed by atoms with van der Waals surface area (Å²) in [4.78, 5) is 3.37. The maximum absolute atomic E-state index is 5.45. The summed E-state index contributed by atoms with van der Waals surface area (Å²) in [6, 6.07) is 21.1. The standard InChI is InChI=1S/C20H19N3S/c1-2-23-18-12-11-15-16(19(18)22-20(23)24)9-6-10-17(15)21-13-14-7-4-3-5-8-14/h3-12,21H,2,13H2,1H3,(H,22,24). The van der Waals surface area contributed by atoms with Crippen molar-refractivity contribution in [2.45, 2.75) is 20.0 Å². The number of hydrogen-bond acceptors (Lipinski definition) is 2. The molecule has 2 N–H and O–H groups in total. The molecule has 24 heavy (non-hydrogen) atoms. The minimum absolute atomic E-state index is 0.780. The Balaban J connectivity index is 1.80. The molecule has 0 amide bonds. The number of imidazole rings is 1. The van der Waals surface area contributed by atoms with Crippen LogP contribution in [0, 0.1) is 4.77 Å². The Morgan fingerprint density at radius 1 is 0.958 bits per heavy atom. The van der Waals surface area contributed by atoms with Crippen LogP contribution in [0.2, 0.25) is 0 Å². The first kappa shape index (κ1) is 15.0. The second-order valence-electron chi connectivity index (χ2n) is 5.87. The van der Waals surface area contributed by atoms with Crippen molar-refractivity contribution in [2.24, 2.45) is 0 Å². The van der Waals surface area contributed by atoms with Gasteiger partial charge in [-0.2, -0.15) is 0 Å². The van der Waals surface area contributed by atoms with Crippen molar-refractivity contribution in [3.05, 3.63) is 71.0 Å². The molecule has 0 spiro atoms. The second-order valence-corrected chi connectivity index (χ2v) is 6.26. The highest BCUT2D eigenvalue weighted by Crippen LogP contribution is 2.30. The molecule has 0 radical (unpaired) electrons. The topological polar surface area (TPSA) is 32.8 Å². The minimum atomic E-state index is 0.780. The molecule has 0 fully saturated rings. The lowest BCUT2D eigenvalue weighted by Gasteiger charge is -2.11. The lowest BCUT2D eigenvalue weighted by atomic mass is 10.1. The SMILES string of the molecule is CCn1c(=S)[nH]c2c3cccc(NCc4ccccc4)c3ccc21. The molecular weight excluding hydrogens is 314 g/mol. The molecule has 4 aromatic rings. The number of rotatable bonds is 4. The molecule has 0 unspecified atom stereocenters. The van der Waals surface area contributed by atoms with Crippen molar-refractivity contribution >= 4 is 39.7 Å². The molecule has 0 bridgehead atoms. The van der Waals surface area contributed by atoms with Gasteiger partial charge in [0, 0.05) is 29.5 Å². The molecule has 3 aromatic carbocycles. The van der Waals surface area contributed by atoms with E-state index in [0.717, 1.165) is 34.6 Å². The van der Waals surface area contributed by atoms with Gasteiger partial charge in [0.2, 0.25) is 0 Å². The number of anilines is 1. The maximum Gasteiger partial charge on any atom is 0.178 e. The van der Waals surface area contributed by atoms with Crippen LogP contribution in [0.3, 0.4) is 0 Å². The second kappa shape index (κ2) is 6.13. The van der Waals surface area contributed by atoms with Gasteiger partial charge in [0.15, 0.2) is 4.77 Å². The molecule has 0 saturated heterocycles. The Labute approximate surface area is 145 Å². The summed E-state index contributed by atoms with van der Waals surface area (Å²) in [6.45, 7) is 3.80. The fraction of sp³-hybridized carbons (Fsp3) is 0.150. The molecule has 3 nitrogen and oxygen atoms in total. The highest BCUT2D eigenvalue weighted by molar-refractivity contribution is 7.71. The zero-order chi connectivity index (χ0) is 16.5. The predicted molar refractivity (Wildman–Crippen MR) is 104 cm³/mol. The molecular formula is C20H19N3S. The number of aryl methyl sites for hydroxylation is 1. The Bertz CT molecular complexity index is 1060. The van der Waals surface area contributed by atoms with Gasteiger partial charge in [-0.1, -0.05) is 48.5 Å². The monoisotopic (exact) mass is 333 g/mol. The summed E-state index contributed by atoms with van der Waals surface area (Å²) in [6.07, 6.45) is 0. The lowest BCUT2D eigenvalue weighted by Crippen LogP contribution is -1.99. The zero-order valence-electron chi connectivity index (χ0n) is 13.5. The Morgan fingerprint density at radius 3 is 2.58 bits per heavy atom. The van der Waals surface area contributed by atoms with Gasteiger partial charge in [-0.15, -0.1) is 0 Å². The van der Waals surface area contributed by atoms with Crippen molar-refractivity contribution in [1.82, 2.24) is 9.55 Å². The third-order valence-corrected chi connectivity index (χ3v) is 4.77. The van der Waals surface area contributed by atoms with Gasteiger partial charge in [-0.3, -0.25) is 0 Å². The van der Waals surface area contributed by atoms with Crippen LogP contribution in [-0.4, -0.2) is 9.55 Å². The summed E-state index contributed by atoms with van der Waals surface area (Å²) in [5.74, 6) is 0. The van der Waals surface area contributed by atoms with E-state index in [2.05, 4.69) is 76.4 Å². The minimum Gasteiger partial charge on any atom is -0.380 e. The van der Waals surface area contributed by atoms with Crippen LogP contribution in [-0.2, 0) is 13.1 Å². The quantitative estimate of drug-likeness (QED) is 0.484. The van der Waals surface area contributed by atoms with E-state index >= 15 is 0 Å². The van der Waals surface area contributed by atoms with Gasteiger partial charge in [0.1, 0.15) is 0 Å². The van der Waals surface area contributed by atoms with Gasteiger partial charge < -0.3 is 14.9 Å². The smallest absolute Gasteiger partial charge is 0.178 e. The molecule has 4 rings (SSSR count). The van der Waals surface area contributed by atoms with E-state index in [1.807, 2.05) is 6.07 Å². The average Bonchev–Trinajstić information content (AvgIpc) is 2.96. The van der Waals surface area contributed by atoms with E-state index in [1.54, 1.807) is 0 Å². The molecule has 0 saturated carbocycles. The van der Waals surface area contributed by atoms with E-state index in [4.69, 9.17) is 12.2 Å². The average molecular weight is 333 g/mol. The third kappa shape index (κ3) is 2.49. The molecule has 0 atom stereocenters. The maximum atomic E-state index is 5.45. The van der Waals surface area contributed by atoms with Gasteiger partial charge >= 0.3 is 0 Å². The van der Waals surface area contributed by atoms with Crippen LogP contribution < -0.4 is 5.32 Å². The third-order valence-electron chi connectivity index (χ3n) is 4.45. The number of fused-ring (bicyclic) bond motifs is 3.